The Morgan fingerprint density at radius 1 is 1.24 bits per heavy atom. The minimum atomic E-state index is -0.970. The highest BCUT2D eigenvalue weighted by atomic mass is 32.2. The molecule has 7 nitrogen and oxygen atoms in total. The van der Waals surface area contributed by atoms with Gasteiger partial charge < -0.3 is 14.6 Å². The molecule has 1 N–H and O–H groups in total. The van der Waals surface area contributed by atoms with E-state index in [9.17, 15) is 19.5 Å². The highest BCUT2D eigenvalue weighted by molar-refractivity contribution is 8.00. The maximum absolute atomic E-state index is 14.5. The van der Waals surface area contributed by atoms with Gasteiger partial charge in [0.15, 0.2) is 0 Å². The zero-order chi connectivity index (χ0) is 27.4. The second-order valence-corrected chi connectivity index (χ2v) is 12.2. The predicted octanol–water partition coefficient (Wildman–Crippen LogP) is 5.01. The fourth-order valence-corrected chi connectivity index (χ4v) is 6.98. The zero-order valence-corrected chi connectivity index (χ0v) is 23.5. The van der Waals surface area contributed by atoms with E-state index < -0.39 is 40.3 Å². The van der Waals surface area contributed by atoms with Crippen molar-refractivity contribution >= 4 is 29.5 Å². The van der Waals surface area contributed by atoms with Gasteiger partial charge in [-0.2, -0.15) is 0 Å². The van der Waals surface area contributed by atoms with Crippen molar-refractivity contribution in [1.82, 2.24) is 4.98 Å². The number of fused-ring (bicyclic) bond motifs is 2. The van der Waals surface area contributed by atoms with E-state index in [4.69, 9.17) is 9.47 Å². The summed E-state index contributed by atoms with van der Waals surface area (Å²) >= 11 is 1.35. The van der Waals surface area contributed by atoms with Gasteiger partial charge >= 0.3 is 11.9 Å². The van der Waals surface area contributed by atoms with Gasteiger partial charge in [-0.1, -0.05) is 26.8 Å². The molecule has 1 aromatic rings. The van der Waals surface area contributed by atoms with E-state index in [1.807, 2.05) is 39.8 Å². The lowest BCUT2D eigenvalue weighted by Gasteiger charge is -2.58. The molecule has 37 heavy (non-hydrogen) atoms. The molecule has 0 radical (unpaired) electrons. The molecule has 0 aliphatic heterocycles. The van der Waals surface area contributed by atoms with Crippen molar-refractivity contribution < 1.29 is 29.0 Å². The Bertz CT molecular complexity index is 1000. The Labute approximate surface area is 224 Å². The zero-order valence-electron chi connectivity index (χ0n) is 22.7. The smallest absolute Gasteiger partial charge is 0.316 e. The van der Waals surface area contributed by atoms with Crippen LogP contribution in [0.15, 0.2) is 42.1 Å². The maximum Gasteiger partial charge on any atom is 0.316 e. The van der Waals surface area contributed by atoms with E-state index in [0.29, 0.717) is 6.42 Å². The molecule has 0 amide bonds. The van der Waals surface area contributed by atoms with Gasteiger partial charge in [0.25, 0.3) is 0 Å². The van der Waals surface area contributed by atoms with Crippen molar-refractivity contribution in [3.8, 4) is 0 Å². The first-order valence-corrected chi connectivity index (χ1v) is 14.2. The third-order valence-corrected chi connectivity index (χ3v) is 10.1. The standard InChI is InChI=1S/C29H41NO6S/c1-7-27(5)17-22(36-24(32)18-37-21-11-15-30-16-12-21)28(6)19(3)9-13-29(26(28)34,20(4)25(27)33)14-10-23(31)35-8-2/h7,11-12,15-16,19-20,22,25,33H,1,8-10,13-14,17-18H2,2-6H3/t19?,20-,22+,25-,27+,28-,29-/m0/s1. The summed E-state index contributed by atoms with van der Waals surface area (Å²) in [5.41, 5.74) is -2.70. The number of nitrogens with zero attached hydrogens (tertiary/aromatic N) is 1. The van der Waals surface area contributed by atoms with Crippen molar-refractivity contribution in [1.29, 1.82) is 0 Å². The number of aromatic nitrogens is 1. The summed E-state index contributed by atoms with van der Waals surface area (Å²) in [5, 5.41) is 11.6. The van der Waals surface area contributed by atoms with E-state index in [1.165, 1.54) is 11.8 Å². The van der Waals surface area contributed by atoms with Crippen molar-refractivity contribution in [2.24, 2.45) is 28.1 Å². The Morgan fingerprint density at radius 3 is 2.54 bits per heavy atom. The van der Waals surface area contributed by atoms with Gasteiger partial charge in [0.05, 0.1) is 23.9 Å². The topological polar surface area (TPSA) is 103 Å². The van der Waals surface area contributed by atoms with E-state index in [1.54, 1.807) is 25.4 Å². The van der Waals surface area contributed by atoms with E-state index >= 15 is 0 Å². The van der Waals surface area contributed by atoms with Crippen molar-refractivity contribution in [3.05, 3.63) is 37.2 Å². The number of esters is 2. The summed E-state index contributed by atoms with van der Waals surface area (Å²) in [4.78, 5) is 44.9. The number of ether oxygens (including phenoxy) is 2. The minimum absolute atomic E-state index is 0.0275. The van der Waals surface area contributed by atoms with Crippen LogP contribution in [0, 0.1) is 28.1 Å². The van der Waals surface area contributed by atoms with Crippen LogP contribution in [0.3, 0.4) is 0 Å². The van der Waals surface area contributed by atoms with Crippen LogP contribution in [0.2, 0.25) is 0 Å². The first kappa shape index (κ1) is 29.4. The SMILES string of the molecule is C=C[C@]1(C)C[C@@H](OC(=O)CSc2ccncc2)[C@@]2(C)C(=O)[C@](CCC(=O)OCC)(CCC2C)[C@@H](C)[C@@H]1O. The summed E-state index contributed by atoms with van der Waals surface area (Å²) in [6.07, 6.45) is 5.37. The lowest BCUT2D eigenvalue weighted by Crippen LogP contribution is -2.64. The molecule has 0 saturated heterocycles. The molecule has 204 valence electrons. The van der Waals surface area contributed by atoms with Gasteiger partial charge in [0, 0.05) is 34.5 Å². The molecular formula is C29H41NO6S. The minimum Gasteiger partial charge on any atom is -0.466 e. The van der Waals surface area contributed by atoms with Crippen LogP contribution >= 0.6 is 11.8 Å². The Kier molecular flexibility index (Phi) is 9.27. The number of hydrogen-bond donors (Lipinski definition) is 1. The molecule has 0 spiro atoms. The molecule has 0 aromatic carbocycles. The number of hydrogen-bond acceptors (Lipinski definition) is 8. The summed E-state index contributed by atoms with van der Waals surface area (Å²) in [6.45, 7) is 13.8. The fraction of sp³-hybridized carbons (Fsp3) is 0.655. The molecule has 2 bridgehead atoms. The van der Waals surface area contributed by atoms with Gasteiger partial charge in [0.1, 0.15) is 11.9 Å². The number of pyridine rings is 1. The summed E-state index contributed by atoms with van der Waals surface area (Å²) < 4.78 is 11.3. The van der Waals surface area contributed by atoms with Gasteiger partial charge in [0.2, 0.25) is 0 Å². The second-order valence-electron chi connectivity index (χ2n) is 11.1. The molecule has 3 rings (SSSR count). The van der Waals surface area contributed by atoms with Gasteiger partial charge in [-0.05, 0) is 63.5 Å². The third-order valence-electron chi connectivity index (χ3n) is 9.13. The van der Waals surface area contributed by atoms with Crippen LogP contribution in [0.4, 0.5) is 0 Å². The quantitative estimate of drug-likeness (QED) is 0.269. The van der Waals surface area contributed by atoms with Crippen LogP contribution in [-0.2, 0) is 23.9 Å². The maximum atomic E-state index is 14.5. The van der Waals surface area contributed by atoms with Crippen molar-refractivity contribution in [2.45, 2.75) is 83.8 Å². The monoisotopic (exact) mass is 531 g/mol. The fourth-order valence-electron chi connectivity index (χ4n) is 6.31. The van der Waals surface area contributed by atoms with Gasteiger partial charge in [-0.25, -0.2) is 0 Å². The first-order chi connectivity index (χ1) is 17.4. The molecule has 1 aromatic heterocycles. The van der Waals surface area contributed by atoms with Crippen molar-refractivity contribution in [3.63, 3.8) is 0 Å². The number of thioether (sulfide) groups is 1. The Balaban J connectivity index is 1.98. The number of carbonyl (C=O) groups excluding carboxylic acids is 3. The number of rotatable bonds is 9. The lowest BCUT2D eigenvalue weighted by atomic mass is 9.46. The third kappa shape index (κ3) is 5.65. The summed E-state index contributed by atoms with van der Waals surface area (Å²) in [6, 6.07) is 3.65. The number of aliphatic hydroxyl groups excluding tert-OH is 1. The van der Waals surface area contributed by atoms with Crippen LogP contribution in [0.25, 0.3) is 0 Å². The first-order valence-electron chi connectivity index (χ1n) is 13.2. The highest BCUT2D eigenvalue weighted by Gasteiger charge is 2.64. The molecule has 2 fully saturated rings. The molecule has 1 heterocycles. The molecule has 8 heteroatoms. The Hall–Kier alpha value is -2.19. The van der Waals surface area contributed by atoms with Gasteiger partial charge in [-0.15, -0.1) is 18.3 Å². The van der Waals surface area contributed by atoms with E-state index in [-0.39, 0.29) is 49.3 Å². The van der Waals surface area contributed by atoms with Crippen LogP contribution in [0.1, 0.15) is 66.7 Å². The number of Topliss-reactive ketones (excluding diaryl/α,β-unsaturated/α-hetero) is 1. The average Bonchev–Trinajstić information content (AvgIpc) is 2.89. The number of aliphatic hydroxyl groups is 1. The molecule has 1 unspecified atom stereocenters. The van der Waals surface area contributed by atoms with Crippen LogP contribution < -0.4 is 0 Å². The molecule has 2 aliphatic rings. The summed E-state index contributed by atoms with van der Waals surface area (Å²) in [5.74, 6) is -1.15. The molecular weight excluding hydrogens is 490 g/mol. The largest absolute Gasteiger partial charge is 0.466 e. The Morgan fingerprint density at radius 2 is 1.92 bits per heavy atom. The number of ketones is 1. The van der Waals surface area contributed by atoms with E-state index in [0.717, 1.165) is 11.3 Å². The second kappa shape index (κ2) is 11.7. The molecule has 2 aliphatic carbocycles. The van der Waals surface area contributed by atoms with Gasteiger partial charge in [-0.3, -0.25) is 19.4 Å². The van der Waals surface area contributed by atoms with Crippen molar-refractivity contribution in [2.75, 3.05) is 12.4 Å². The normalized spacial score (nSPS) is 35.7. The summed E-state index contributed by atoms with van der Waals surface area (Å²) in [7, 11) is 0. The molecule has 2 saturated carbocycles. The number of carbonyl (C=O) groups is 3. The highest BCUT2D eigenvalue weighted by Crippen LogP contribution is 2.60. The van der Waals surface area contributed by atoms with Crippen LogP contribution in [0.5, 0.6) is 0 Å². The lowest BCUT2D eigenvalue weighted by molar-refractivity contribution is -0.191. The predicted molar refractivity (Wildman–Crippen MR) is 143 cm³/mol. The molecule has 7 atom stereocenters. The van der Waals surface area contributed by atoms with E-state index in [2.05, 4.69) is 11.6 Å². The average molecular weight is 532 g/mol. The van der Waals surface area contributed by atoms with Crippen LogP contribution in [-0.4, -0.2) is 52.4 Å².